The van der Waals surface area contributed by atoms with Crippen LogP contribution in [0, 0.1) is 0 Å². The summed E-state index contributed by atoms with van der Waals surface area (Å²) in [6.45, 7) is 0. The third-order valence-corrected chi connectivity index (χ3v) is 1.37. The van der Waals surface area contributed by atoms with E-state index in [-0.39, 0.29) is 0 Å². The first kappa shape index (κ1) is 11.4. The maximum atomic E-state index is 2.23. The topological polar surface area (TPSA) is 3.24 Å². The smallest absolute Gasteiger partial charge is 0.0140 e. The Morgan fingerprint density at radius 3 is 1.50 bits per heavy atom. The molecule has 0 bridgehead atoms. The Bertz CT molecular complexity index is 117. The van der Waals surface area contributed by atoms with E-state index in [4.69, 9.17) is 0 Å². The van der Waals surface area contributed by atoms with Crippen LogP contribution in [-0.4, -0.2) is 26.0 Å². The van der Waals surface area contributed by atoms with Crippen LogP contribution in [0.4, 0.5) is 0 Å². The SMILES string of the molecule is C1=CCCCCC=C1.CN(C)C. The number of allylic oxidation sites excluding steroid dienone is 4. The van der Waals surface area contributed by atoms with Gasteiger partial charge in [-0.25, -0.2) is 0 Å². The van der Waals surface area contributed by atoms with E-state index in [1.165, 1.54) is 25.7 Å². The molecular formula is C11H21N. The summed E-state index contributed by atoms with van der Waals surface area (Å²) in [5.74, 6) is 0. The van der Waals surface area contributed by atoms with Gasteiger partial charge in [-0.2, -0.15) is 0 Å². The highest BCUT2D eigenvalue weighted by molar-refractivity contribution is 5.03. The lowest BCUT2D eigenvalue weighted by molar-refractivity contribution is 0.505. The minimum Gasteiger partial charge on any atom is -0.312 e. The molecule has 0 saturated carbocycles. The third kappa shape index (κ3) is 12.1. The van der Waals surface area contributed by atoms with Gasteiger partial charge < -0.3 is 4.90 Å². The molecular weight excluding hydrogens is 146 g/mol. The normalized spacial score (nSPS) is 16.3. The van der Waals surface area contributed by atoms with Gasteiger partial charge in [-0.1, -0.05) is 24.3 Å². The molecule has 0 unspecified atom stereocenters. The van der Waals surface area contributed by atoms with Gasteiger partial charge in [0.1, 0.15) is 0 Å². The number of hydrogen-bond donors (Lipinski definition) is 0. The molecule has 1 aliphatic carbocycles. The molecule has 1 heteroatoms. The average Bonchev–Trinajstić information content (AvgIpc) is 1.82. The number of nitrogens with zero attached hydrogens (tertiary/aromatic N) is 1. The van der Waals surface area contributed by atoms with Crippen LogP contribution in [0.2, 0.25) is 0 Å². The molecule has 0 aromatic heterocycles. The number of hydrogen-bond acceptors (Lipinski definition) is 1. The van der Waals surface area contributed by atoms with Crippen LogP contribution in [0.25, 0.3) is 0 Å². The van der Waals surface area contributed by atoms with Gasteiger partial charge >= 0.3 is 0 Å². The summed E-state index contributed by atoms with van der Waals surface area (Å²) in [4.78, 5) is 2.00. The van der Waals surface area contributed by atoms with Crippen LogP contribution in [0.1, 0.15) is 25.7 Å². The molecule has 0 spiro atoms. The van der Waals surface area contributed by atoms with Gasteiger partial charge in [0.05, 0.1) is 0 Å². The van der Waals surface area contributed by atoms with Crippen LogP contribution >= 0.6 is 0 Å². The third-order valence-electron chi connectivity index (χ3n) is 1.37. The van der Waals surface area contributed by atoms with Crippen molar-refractivity contribution in [3.63, 3.8) is 0 Å². The van der Waals surface area contributed by atoms with Crippen molar-refractivity contribution in [2.24, 2.45) is 0 Å². The Kier molecular flexibility index (Phi) is 8.14. The van der Waals surface area contributed by atoms with Crippen molar-refractivity contribution >= 4 is 0 Å². The highest BCUT2D eigenvalue weighted by atomic mass is 15.0. The van der Waals surface area contributed by atoms with Crippen LogP contribution in [0.3, 0.4) is 0 Å². The largest absolute Gasteiger partial charge is 0.312 e. The van der Waals surface area contributed by atoms with Crippen LogP contribution in [-0.2, 0) is 0 Å². The Labute approximate surface area is 76.8 Å². The monoisotopic (exact) mass is 167 g/mol. The summed E-state index contributed by atoms with van der Waals surface area (Å²) in [6.07, 6.45) is 14.0. The summed E-state index contributed by atoms with van der Waals surface area (Å²) >= 11 is 0. The molecule has 1 aliphatic rings. The first-order chi connectivity index (χ1) is 5.73. The van der Waals surface area contributed by atoms with Crippen molar-refractivity contribution in [3.05, 3.63) is 24.3 Å². The average molecular weight is 167 g/mol. The summed E-state index contributed by atoms with van der Waals surface area (Å²) in [5, 5.41) is 0. The Balaban J connectivity index is 0.000000261. The highest BCUT2D eigenvalue weighted by Crippen LogP contribution is 2.04. The van der Waals surface area contributed by atoms with Crippen molar-refractivity contribution in [3.8, 4) is 0 Å². The predicted octanol–water partition coefficient (Wildman–Crippen LogP) is 2.85. The van der Waals surface area contributed by atoms with E-state index in [1.54, 1.807) is 0 Å². The van der Waals surface area contributed by atoms with Crippen molar-refractivity contribution in [1.82, 2.24) is 4.90 Å². The Morgan fingerprint density at radius 1 is 0.833 bits per heavy atom. The van der Waals surface area contributed by atoms with Gasteiger partial charge in [-0.05, 0) is 46.8 Å². The molecule has 0 aliphatic heterocycles. The summed E-state index contributed by atoms with van der Waals surface area (Å²) in [5.41, 5.74) is 0. The molecule has 0 heterocycles. The van der Waals surface area contributed by atoms with E-state index >= 15 is 0 Å². The molecule has 70 valence electrons. The molecule has 0 atom stereocenters. The van der Waals surface area contributed by atoms with Crippen molar-refractivity contribution in [2.45, 2.75) is 25.7 Å². The molecule has 0 fully saturated rings. The van der Waals surface area contributed by atoms with E-state index in [2.05, 4.69) is 24.3 Å². The molecule has 0 N–H and O–H groups in total. The predicted molar refractivity (Wildman–Crippen MR) is 56.4 cm³/mol. The van der Waals surface area contributed by atoms with E-state index in [0.29, 0.717) is 0 Å². The number of rotatable bonds is 0. The van der Waals surface area contributed by atoms with E-state index in [0.717, 1.165) is 0 Å². The highest BCUT2D eigenvalue weighted by Gasteiger charge is 1.84. The fourth-order valence-corrected chi connectivity index (χ4v) is 0.874. The van der Waals surface area contributed by atoms with Gasteiger partial charge in [0, 0.05) is 0 Å². The lowest BCUT2D eigenvalue weighted by Crippen LogP contribution is -1.99. The molecule has 0 saturated heterocycles. The molecule has 0 radical (unpaired) electrons. The molecule has 0 aromatic carbocycles. The maximum absolute atomic E-state index is 2.23. The minimum atomic E-state index is 1.27. The Morgan fingerprint density at radius 2 is 1.17 bits per heavy atom. The molecule has 0 aromatic rings. The quantitative estimate of drug-likeness (QED) is 0.536. The summed E-state index contributed by atoms with van der Waals surface area (Å²) in [6, 6.07) is 0. The zero-order valence-electron chi connectivity index (χ0n) is 8.59. The second-order valence-corrected chi connectivity index (χ2v) is 3.48. The lowest BCUT2D eigenvalue weighted by atomic mass is 10.1. The first-order valence-corrected chi connectivity index (χ1v) is 4.66. The standard InChI is InChI=1S/C8H12.C3H9N/c1-2-4-6-8-7-5-3-1;1-4(2)3/h1-4H,5-8H2;1-3H3. The van der Waals surface area contributed by atoms with E-state index < -0.39 is 0 Å². The van der Waals surface area contributed by atoms with Gasteiger partial charge in [-0.15, -0.1) is 0 Å². The second-order valence-electron chi connectivity index (χ2n) is 3.48. The Hall–Kier alpha value is -0.560. The fourth-order valence-electron chi connectivity index (χ4n) is 0.874. The minimum absolute atomic E-state index is 1.27. The van der Waals surface area contributed by atoms with Gasteiger partial charge in [0.25, 0.3) is 0 Å². The molecule has 0 amide bonds. The van der Waals surface area contributed by atoms with Crippen molar-refractivity contribution in [1.29, 1.82) is 0 Å². The van der Waals surface area contributed by atoms with Crippen LogP contribution in [0.15, 0.2) is 24.3 Å². The van der Waals surface area contributed by atoms with Crippen molar-refractivity contribution < 1.29 is 0 Å². The van der Waals surface area contributed by atoms with E-state index in [1.807, 2.05) is 26.0 Å². The molecule has 12 heavy (non-hydrogen) atoms. The zero-order valence-corrected chi connectivity index (χ0v) is 8.59. The van der Waals surface area contributed by atoms with Gasteiger partial charge in [0.15, 0.2) is 0 Å². The van der Waals surface area contributed by atoms with E-state index in [9.17, 15) is 0 Å². The van der Waals surface area contributed by atoms with Crippen LogP contribution < -0.4 is 0 Å². The fraction of sp³-hybridized carbons (Fsp3) is 0.636. The van der Waals surface area contributed by atoms with Crippen LogP contribution in [0.5, 0.6) is 0 Å². The maximum Gasteiger partial charge on any atom is -0.0140 e. The summed E-state index contributed by atoms with van der Waals surface area (Å²) < 4.78 is 0. The van der Waals surface area contributed by atoms with Gasteiger partial charge in [0.2, 0.25) is 0 Å². The van der Waals surface area contributed by atoms with Gasteiger partial charge in [-0.3, -0.25) is 0 Å². The van der Waals surface area contributed by atoms with Crippen molar-refractivity contribution in [2.75, 3.05) is 21.1 Å². The first-order valence-electron chi connectivity index (χ1n) is 4.66. The summed E-state index contributed by atoms with van der Waals surface area (Å²) in [7, 11) is 6.00. The molecule has 1 rings (SSSR count). The lowest BCUT2D eigenvalue weighted by Gasteiger charge is -1.94. The zero-order chi connectivity index (χ0) is 9.23. The molecule has 1 nitrogen and oxygen atoms in total. The second kappa shape index (κ2) is 8.54.